The number of nitrogens with one attached hydrogen (secondary N) is 2. The molecule has 0 aromatic heterocycles. The maximum Gasteiger partial charge on any atom is 0.253 e. The molecule has 2 aliphatic heterocycles. The molecule has 4 aliphatic rings. The Kier molecular flexibility index (Phi) is 11.2. The Labute approximate surface area is 244 Å². The van der Waals surface area contributed by atoms with Crippen molar-refractivity contribution < 1.29 is 49.6 Å². The summed E-state index contributed by atoms with van der Waals surface area (Å²) in [6.07, 6.45) is -9.69. The summed E-state index contributed by atoms with van der Waals surface area (Å²) in [5, 5.41) is 69.6. The standard InChI is InChI=1S/C25H49N7O10/c26-2-1-3-31-10-5-12(34)13(7-27)40-21(10)16-9(28)4-11(32-24(38)25(39)6-15(25)29)22(19(16)36)42-23-20(37)17(30)18(35)14(8-33)41-23/h9-23,31,33-37,39H,1-8,26-30H2,(H,32,38). The Morgan fingerprint density at radius 3 is 2.26 bits per heavy atom. The van der Waals surface area contributed by atoms with Crippen LogP contribution < -0.4 is 39.3 Å². The topological polar surface area (TPSA) is 320 Å². The highest BCUT2D eigenvalue weighted by Crippen LogP contribution is 2.39. The molecule has 2 saturated carbocycles. The van der Waals surface area contributed by atoms with Crippen molar-refractivity contribution >= 4 is 5.91 Å². The zero-order valence-electron chi connectivity index (χ0n) is 23.5. The first-order chi connectivity index (χ1) is 19.9. The van der Waals surface area contributed by atoms with Crippen molar-refractivity contribution in [3.63, 3.8) is 0 Å². The summed E-state index contributed by atoms with van der Waals surface area (Å²) in [4.78, 5) is 12.9. The monoisotopic (exact) mass is 607 g/mol. The van der Waals surface area contributed by atoms with E-state index in [1.54, 1.807) is 0 Å². The van der Waals surface area contributed by atoms with E-state index >= 15 is 0 Å². The molecule has 17 nitrogen and oxygen atoms in total. The van der Waals surface area contributed by atoms with Gasteiger partial charge in [0.15, 0.2) is 11.9 Å². The van der Waals surface area contributed by atoms with Crippen molar-refractivity contribution in [1.29, 1.82) is 0 Å². The van der Waals surface area contributed by atoms with Crippen LogP contribution >= 0.6 is 0 Å². The lowest BCUT2D eigenvalue weighted by Crippen LogP contribution is -2.70. The van der Waals surface area contributed by atoms with E-state index in [0.717, 1.165) is 0 Å². The minimum absolute atomic E-state index is 0.0214. The fourth-order valence-corrected chi connectivity index (χ4v) is 6.36. The predicted molar refractivity (Wildman–Crippen MR) is 146 cm³/mol. The zero-order chi connectivity index (χ0) is 30.9. The number of aliphatic hydroxyl groups is 6. The van der Waals surface area contributed by atoms with Crippen LogP contribution in [-0.2, 0) is 19.0 Å². The van der Waals surface area contributed by atoms with Crippen LogP contribution in [0.4, 0.5) is 0 Å². The van der Waals surface area contributed by atoms with Gasteiger partial charge in [-0.15, -0.1) is 0 Å². The van der Waals surface area contributed by atoms with E-state index < -0.39 is 109 Å². The van der Waals surface area contributed by atoms with Gasteiger partial charge in [-0.25, -0.2) is 0 Å². The van der Waals surface area contributed by atoms with Crippen LogP contribution in [0.1, 0.15) is 25.7 Å². The fourth-order valence-electron chi connectivity index (χ4n) is 6.36. The number of rotatable bonds is 11. The SMILES string of the molecule is NCCCNC1CC(O)C(CN)OC1C1C(N)CC(NC(=O)C2(O)CC2N)C(OC2OC(CO)C(O)C(N)C2O)C1O. The molecule has 0 spiro atoms. The summed E-state index contributed by atoms with van der Waals surface area (Å²) in [6.45, 7) is 0.352. The van der Waals surface area contributed by atoms with E-state index in [1.807, 2.05) is 0 Å². The second-order valence-electron chi connectivity index (χ2n) is 12.0. The Morgan fingerprint density at radius 2 is 1.67 bits per heavy atom. The minimum atomic E-state index is -1.78. The van der Waals surface area contributed by atoms with Crippen LogP contribution in [0.5, 0.6) is 0 Å². The van der Waals surface area contributed by atoms with Gasteiger partial charge in [0.05, 0.1) is 43.1 Å². The van der Waals surface area contributed by atoms with Gasteiger partial charge in [0.1, 0.15) is 24.4 Å². The molecular formula is C25H49N7O10. The Hall–Kier alpha value is -1.13. The van der Waals surface area contributed by atoms with Crippen LogP contribution in [0.3, 0.4) is 0 Å². The van der Waals surface area contributed by atoms with Crippen LogP contribution in [0.25, 0.3) is 0 Å². The lowest BCUT2D eigenvalue weighted by Gasteiger charge is -2.52. The normalized spacial score (nSPS) is 49.5. The number of hydrogen-bond donors (Lipinski definition) is 13. The number of amides is 1. The molecule has 16 unspecified atom stereocenters. The van der Waals surface area contributed by atoms with Crippen molar-refractivity contribution in [2.45, 2.75) is 117 Å². The van der Waals surface area contributed by atoms with E-state index in [9.17, 15) is 35.4 Å². The largest absolute Gasteiger partial charge is 0.394 e. The zero-order valence-corrected chi connectivity index (χ0v) is 23.5. The Morgan fingerprint density at radius 1 is 0.976 bits per heavy atom. The molecular weight excluding hydrogens is 558 g/mol. The van der Waals surface area contributed by atoms with Gasteiger partial charge in [0, 0.05) is 37.0 Å². The molecule has 42 heavy (non-hydrogen) atoms. The smallest absolute Gasteiger partial charge is 0.253 e. The van der Waals surface area contributed by atoms with Crippen LogP contribution in [0.2, 0.25) is 0 Å². The highest BCUT2D eigenvalue weighted by atomic mass is 16.7. The summed E-state index contributed by atoms with van der Waals surface area (Å²) in [5.41, 5.74) is 28.1. The first kappa shape index (κ1) is 33.8. The van der Waals surface area contributed by atoms with E-state index in [-0.39, 0.29) is 25.8 Å². The quantitative estimate of drug-likeness (QED) is 0.0970. The number of carbonyl (C=O) groups is 1. The van der Waals surface area contributed by atoms with Crippen molar-refractivity contribution in [3.05, 3.63) is 0 Å². The summed E-state index contributed by atoms with van der Waals surface area (Å²) < 4.78 is 17.9. The number of ether oxygens (including phenoxy) is 3. The number of carbonyl (C=O) groups excluding carboxylic acids is 1. The lowest BCUT2D eigenvalue weighted by molar-refractivity contribution is -0.307. The molecule has 0 aromatic rings. The van der Waals surface area contributed by atoms with Gasteiger partial charge in [-0.05, 0) is 32.4 Å². The van der Waals surface area contributed by atoms with Crippen molar-refractivity contribution in [2.75, 3.05) is 26.2 Å². The Balaban J connectivity index is 1.62. The van der Waals surface area contributed by atoms with Gasteiger partial charge in [0.2, 0.25) is 0 Å². The molecule has 2 saturated heterocycles. The number of nitrogens with two attached hydrogens (primary N) is 5. The lowest BCUT2D eigenvalue weighted by atomic mass is 9.71. The van der Waals surface area contributed by atoms with E-state index in [2.05, 4.69) is 10.6 Å². The predicted octanol–water partition coefficient (Wildman–Crippen LogP) is -7.42. The average molecular weight is 608 g/mol. The summed E-state index contributed by atoms with van der Waals surface area (Å²) in [6, 6.07) is -4.20. The van der Waals surface area contributed by atoms with Gasteiger partial charge in [-0.3, -0.25) is 4.79 Å². The van der Waals surface area contributed by atoms with E-state index in [4.69, 9.17) is 42.9 Å². The maximum absolute atomic E-state index is 12.9. The third-order valence-electron chi connectivity index (χ3n) is 9.12. The molecule has 1 amide bonds. The molecule has 2 aliphatic carbocycles. The second kappa shape index (κ2) is 13.9. The van der Waals surface area contributed by atoms with Crippen molar-refractivity contribution in [3.8, 4) is 0 Å². The summed E-state index contributed by atoms with van der Waals surface area (Å²) in [5.74, 6) is -1.58. The summed E-state index contributed by atoms with van der Waals surface area (Å²) in [7, 11) is 0. The molecule has 2 heterocycles. The highest BCUT2D eigenvalue weighted by Gasteiger charge is 2.59. The number of hydrogen-bond acceptors (Lipinski definition) is 16. The third-order valence-corrected chi connectivity index (χ3v) is 9.12. The van der Waals surface area contributed by atoms with Gasteiger partial charge in [0.25, 0.3) is 5.91 Å². The first-order valence-corrected chi connectivity index (χ1v) is 14.6. The first-order valence-electron chi connectivity index (χ1n) is 14.6. The third kappa shape index (κ3) is 6.75. The van der Waals surface area contributed by atoms with Gasteiger partial charge in [-0.1, -0.05) is 0 Å². The molecule has 18 N–H and O–H groups in total. The molecule has 0 aromatic carbocycles. The molecule has 0 radical (unpaired) electrons. The average Bonchev–Trinajstić information content (AvgIpc) is 3.58. The molecule has 244 valence electrons. The van der Waals surface area contributed by atoms with Crippen LogP contribution in [-0.4, -0.2) is 154 Å². The van der Waals surface area contributed by atoms with Crippen LogP contribution in [0.15, 0.2) is 0 Å². The number of aliphatic hydroxyl groups excluding tert-OH is 5. The molecule has 16 atom stereocenters. The van der Waals surface area contributed by atoms with Crippen molar-refractivity contribution in [1.82, 2.24) is 10.6 Å². The van der Waals surface area contributed by atoms with Crippen LogP contribution in [0, 0.1) is 5.92 Å². The van der Waals surface area contributed by atoms with E-state index in [1.165, 1.54) is 0 Å². The Bertz CT molecular complexity index is 910. The molecule has 0 bridgehead atoms. The minimum Gasteiger partial charge on any atom is -0.394 e. The molecule has 4 rings (SSSR count). The molecule has 17 heteroatoms. The fraction of sp³-hybridized carbons (Fsp3) is 0.960. The second-order valence-corrected chi connectivity index (χ2v) is 12.0. The maximum atomic E-state index is 12.9. The summed E-state index contributed by atoms with van der Waals surface area (Å²) >= 11 is 0. The van der Waals surface area contributed by atoms with Crippen molar-refractivity contribution in [2.24, 2.45) is 34.6 Å². The van der Waals surface area contributed by atoms with Gasteiger partial charge in [-0.2, -0.15) is 0 Å². The van der Waals surface area contributed by atoms with E-state index in [0.29, 0.717) is 19.5 Å². The van der Waals surface area contributed by atoms with Gasteiger partial charge >= 0.3 is 0 Å². The highest BCUT2D eigenvalue weighted by molar-refractivity contribution is 5.89. The van der Waals surface area contributed by atoms with Gasteiger partial charge < -0.3 is 84.2 Å². The molecule has 4 fully saturated rings.